The number of hydrogen-bond donors (Lipinski definition) is 1. The minimum atomic E-state index is -0.670. The molecule has 0 aliphatic heterocycles. The summed E-state index contributed by atoms with van der Waals surface area (Å²) in [6, 6.07) is 9.50. The number of halogens is 1. The van der Waals surface area contributed by atoms with Crippen LogP contribution >= 0.6 is 11.6 Å². The molecule has 1 heterocycles. The van der Waals surface area contributed by atoms with Gasteiger partial charge in [0, 0.05) is 17.2 Å². The van der Waals surface area contributed by atoms with E-state index in [-0.39, 0.29) is 11.6 Å². The topological polar surface area (TPSA) is 82.3 Å². The lowest BCUT2D eigenvalue weighted by molar-refractivity contribution is -0.605. The maximum atomic E-state index is 11.8. The van der Waals surface area contributed by atoms with Crippen molar-refractivity contribution in [3.63, 3.8) is 0 Å². The van der Waals surface area contributed by atoms with E-state index in [1.807, 2.05) is 6.07 Å². The largest absolute Gasteiger partial charge is 0.619 e. The molecule has 0 saturated heterocycles. The number of rotatable bonds is 5. The molecule has 0 bridgehead atoms. The Balaban J connectivity index is 1.85. The summed E-state index contributed by atoms with van der Waals surface area (Å²) in [5.41, 5.74) is 1.05. The van der Waals surface area contributed by atoms with Gasteiger partial charge < -0.3 is 15.3 Å². The summed E-state index contributed by atoms with van der Waals surface area (Å²) < 4.78 is 5.45. The number of amides is 1. The van der Waals surface area contributed by atoms with E-state index in [1.54, 1.807) is 25.1 Å². The number of nitrogens with zero attached hydrogens (tertiary/aromatic N) is 1. The Kier molecular flexibility index (Phi) is 5.54. The molecule has 0 fully saturated rings. The average Bonchev–Trinajstić information content (AvgIpc) is 2.53. The van der Waals surface area contributed by atoms with Crippen molar-refractivity contribution in [3.05, 3.63) is 70.1 Å². The molecule has 0 unspecified atom stereocenters. The molecule has 1 aromatic heterocycles. The van der Waals surface area contributed by atoms with E-state index in [0.717, 1.165) is 5.56 Å². The van der Waals surface area contributed by atoms with Gasteiger partial charge in [-0.15, -0.1) is 0 Å². The number of aromatic nitrogens is 1. The molecule has 6 nitrogen and oxygen atoms in total. The number of benzene rings is 1. The van der Waals surface area contributed by atoms with Crippen molar-refractivity contribution in [2.45, 2.75) is 13.0 Å². The molecule has 0 spiro atoms. The van der Waals surface area contributed by atoms with Crippen LogP contribution in [-0.2, 0) is 9.53 Å². The van der Waals surface area contributed by atoms with Gasteiger partial charge in [0.15, 0.2) is 19.0 Å². The fraction of sp³-hybridized carbons (Fsp3) is 0.188. The van der Waals surface area contributed by atoms with Crippen LogP contribution in [0, 0.1) is 5.21 Å². The molecule has 23 heavy (non-hydrogen) atoms. The van der Waals surface area contributed by atoms with E-state index in [2.05, 4.69) is 5.32 Å². The lowest BCUT2D eigenvalue weighted by Gasteiger charge is -2.14. The minimum Gasteiger partial charge on any atom is -0.619 e. The van der Waals surface area contributed by atoms with Gasteiger partial charge in [-0.25, -0.2) is 4.79 Å². The normalized spacial score (nSPS) is 11.6. The molecule has 1 N–H and O–H groups in total. The Morgan fingerprint density at radius 1 is 1.30 bits per heavy atom. The van der Waals surface area contributed by atoms with Crippen molar-refractivity contribution in [3.8, 4) is 0 Å². The van der Waals surface area contributed by atoms with Gasteiger partial charge in [0.1, 0.15) is 0 Å². The first kappa shape index (κ1) is 16.8. The quantitative estimate of drug-likeness (QED) is 0.515. The van der Waals surface area contributed by atoms with Crippen molar-refractivity contribution in [1.82, 2.24) is 5.32 Å². The number of ether oxygens (including phenoxy) is 1. The van der Waals surface area contributed by atoms with E-state index in [4.69, 9.17) is 16.3 Å². The van der Waals surface area contributed by atoms with Crippen LogP contribution in [0.2, 0.25) is 5.02 Å². The molecular formula is C16H15ClN2O4. The molecule has 0 saturated carbocycles. The molecule has 1 atom stereocenters. The second-order valence-corrected chi connectivity index (χ2v) is 5.30. The second-order valence-electron chi connectivity index (χ2n) is 4.87. The van der Waals surface area contributed by atoms with E-state index in [1.165, 1.54) is 24.5 Å². The minimum absolute atomic E-state index is 0.202. The smallest absolute Gasteiger partial charge is 0.339 e. The van der Waals surface area contributed by atoms with Crippen LogP contribution < -0.4 is 10.0 Å². The number of pyridine rings is 1. The van der Waals surface area contributed by atoms with Gasteiger partial charge in [-0.1, -0.05) is 23.7 Å². The van der Waals surface area contributed by atoms with Crippen LogP contribution in [0.4, 0.5) is 0 Å². The molecule has 0 aliphatic rings. The molecule has 0 aliphatic carbocycles. The van der Waals surface area contributed by atoms with Crippen LogP contribution in [0.1, 0.15) is 28.9 Å². The molecule has 0 radical (unpaired) electrons. The third-order valence-corrected chi connectivity index (χ3v) is 3.33. The van der Waals surface area contributed by atoms with E-state index in [0.29, 0.717) is 9.75 Å². The maximum Gasteiger partial charge on any atom is 0.339 e. The zero-order valence-electron chi connectivity index (χ0n) is 12.4. The number of carbonyl (C=O) groups excluding carboxylic acids is 2. The third-order valence-electron chi connectivity index (χ3n) is 3.10. The summed E-state index contributed by atoms with van der Waals surface area (Å²) in [6.45, 7) is 1.39. The van der Waals surface area contributed by atoms with Gasteiger partial charge in [0.25, 0.3) is 5.91 Å². The SMILES string of the molecule is C[C@H](NC(=O)COC(=O)c1cc[n+]([O-])cc1)c1cccc(Cl)c1. The zero-order chi connectivity index (χ0) is 16.8. The Bertz CT molecular complexity index is 703. The van der Waals surface area contributed by atoms with Crippen molar-refractivity contribution in [1.29, 1.82) is 0 Å². The zero-order valence-corrected chi connectivity index (χ0v) is 13.1. The predicted octanol–water partition coefficient (Wildman–Crippen LogP) is 2.01. The highest BCUT2D eigenvalue weighted by Gasteiger charge is 2.14. The van der Waals surface area contributed by atoms with Gasteiger partial charge in [0.2, 0.25) is 0 Å². The molecular weight excluding hydrogens is 320 g/mol. The molecule has 120 valence electrons. The van der Waals surface area contributed by atoms with Crippen LogP contribution in [0.25, 0.3) is 0 Å². The Morgan fingerprint density at radius 2 is 2.00 bits per heavy atom. The monoisotopic (exact) mass is 334 g/mol. The van der Waals surface area contributed by atoms with Gasteiger partial charge in [0.05, 0.1) is 11.6 Å². The van der Waals surface area contributed by atoms with Crippen LogP contribution in [0.15, 0.2) is 48.8 Å². The Labute approximate surface area is 138 Å². The Morgan fingerprint density at radius 3 is 2.65 bits per heavy atom. The van der Waals surface area contributed by atoms with Gasteiger partial charge in [-0.05, 0) is 24.6 Å². The number of hydrogen-bond acceptors (Lipinski definition) is 4. The predicted molar refractivity (Wildman–Crippen MR) is 83.7 cm³/mol. The van der Waals surface area contributed by atoms with Crippen molar-refractivity contribution < 1.29 is 19.1 Å². The van der Waals surface area contributed by atoms with Crippen LogP contribution in [0.3, 0.4) is 0 Å². The van der Waals surface area contributed by atoms with Crippen LogP contribution in [0.5, 0.6) is 0 Å². The highest BCUT2D eigenvalue weighted by atomic mass is 35.5. The summed E-state index contributed by atoms with van der Waals surface area (Å²) in [4.78, 5) is 23.6. The molecule has 1 aromatic carbocycles. The second kappa shape index (κ2) is 7.60. The van der Waals surface area contributed by atoms with Gasteiger partial charge in [-0.3, -0.25) is 4.79 Å². The average molecular weight is 335 g/mol. The lowest BCUT2D eigenvalue weighted by atomic mass is 10.1. The summed E-state index contributed by atoms with van der Waals surface area (Å²) in [7, 11) is 0. The molecule has 2 aromatic rings. The fourth-order valence-corrected chi connectivity index (χ4v) is 2.10. The van der Waals surface area contributed by atoms with E-state index in [9.17, 15) is 14.8 Å². The summed E-state index contributed by atoms with van der Waals surface area (Å²) in [5, 5.41) is 14.2. The summed E-state index contributed by atoms with van der Waals surface area (Å²) >= 11 is 5.90. The highest BCUT2D eigenvalue weighted by molar-refractivity contribution is 6.30. The van der Waals surface area contributed by atoms with Gasteiger partial charge in [-0.2, -0.15) is 4.73 Å². The van der Waals surface area contributed by atoms with Crippen LogP contribution in [-0.4, -0.2) is 18.5 Å². The maximum absolute atomic E-state index is 11.8. The fourth-order valence-electron chi connectivity index (χ4n) is 1.91. The molecule has 2 rings (SSSR count). The first-order valence-electron chi connectivity index (χ1n) is 6.86. The van der Waals surface area contributed by atoms with Crippen molar-refractivity contribution in [2.75, 3.05) is 6.61 Å². The summed E-state index contributed by atoms with van der Waals surface area (Å²) in [6.07, 6.45) is 2.36. The number of nitrogens with one attached hydrogen (secondary N) is 1. The summed E-state index contributed by atoms with van der Waals surface area (Å²) in [5.74, 6) is -1.10. The lowest BCUT2D eigenvalue weighted by Crippen LogP contribution is -2.31. The standard InChI is InChI=1S/C16H15ClN2O4/c1-11(13-3-2-4-14(17)9-13)18-15(20)10-23-16(21)12-5-7-19(22)8-6-12/h2-9,11H,10H2,1H3,(H,18,20)/t11-/m0/s1. The first-order valence-corrected chi connectivity index (χ1v) is 7.24. The third kappa shape index (κ3) is 4.96. The van der Waals surface area contributed by atoms with E-state index < -0.39 is 18.5 Å². The Hall–Kier alpha value is -2.60. The number of carbonyl (C=O) groups is 2. The molecule has 7 heteroatoms. The van der Waals surface area contributed by atoms with Crippen molar-refractivity contribution >= 4 is 23.5 Å². The van der Waals surface area contributed by atoms with Gasteiger partial charge >= 0.3 is 5.97 Å². The van der Waals surface area contributed by atoms with Crippen molar-refractivity contribution in [2.24, 2.45) is 0 Å². The highest BCUT2D eigenvalue weighted by Crippen LogP contribution is 2.17. The van der Waals surface area contributed by atoms with E-state index >= 15 is 0 Å². The molecule has 1 amide bonds. The first-order chi connectivity index (χ1) is 11.0. The number of esters is 1.